The van der Waals surface area contributed by atoms with E-state index in [1.165, 1.54) is 0 Å². The standard InChI is InChI=1S/C16H13N3O/c1-2-20-14-6-4-13(5-7-14)19-11-18-15-9-12(10-17)3-8-16(15)19/h3-9,11H,2H2,1H3. The highest BCUT2D eigenvalue weighted by Gasteiger charge is 2.05. The summed E-state index contributed by atoms with van der Waals surface area (Å²) in [6.07, 6.45) is 1.77. The number of hydrogen-bond donors (Lipinski definition) is 0. The van der Waals surface area contributed by atoms with Gasteiger partial charge in [-0.25, -0.2) is 4.98 Å². The van der Waals surface area contributed by atoms with E-state index in [4.69, 9.17) is 10.00 Å². The first-order valence-electron chi connectivity index (χ1n) is 6.42. The molecular weight excluding hydrogens is 250 g/mol. The number of nitriles is 1. The van der Waals surface area contributed by atoms with Gasteiger partial charge in [0.05, 0.1) is 29.3 Å². The summed E-state index contributed by atoms with van der Waals surface area (Å²) in [5.41, 5.74) is 3.43. The van der Waals surface area contributed by atoms with E-state index >= 15 is 0 Å². The minimum absolute atomic E-state index is 0.620. The summed E-state index contributed by atoms with van der Waals surface area (Å²) in [5, 5.41) is 8.90. The highest BCUT2D eigenvalue weighted by atomic mass is 16.5. The molecule has 0 aliphatic carbocycles. The molecule has 0 radical (unpaired) electrons. The zero-order valence-corrected chi connectivity index (χ0v) is 11.1. The van der Waals surface area contributed by atoms with Crippen LogP contribution in [-0.2, 0) is 0 Å². The maximum atomic E-state index is 8.90. The molecule has 0 saturated heterocycles. The average molecular weight is 263 g/mol. The van der Waals surface area contributed by atoms with Gasteiger partial charge in [0.2, 0.25) is 0 Å². The van der Waals surface area contributed by atoms with E-state index in [2.05, 4.69) is 11.1 Å². The van der Waals surface area contributed by atoms with Crippen molar-refractivity contribution in [2.24, 2.45) is 0 Å². The summed E-state index contributed by atoms with van der Waals surface area (Å²) in [6.45, 7) is 2.62. The number of fused-ring (bicyclic) bond motifs is 1. The third-order valence-electron chi connectivity index (χ3n) is 3.10. The summed E-state index contributed by atoms with van der Waals surface area (Å²) in [7, 11) is 0. The first kappa shape index (κ1) is 12.2. The molecule has 0 bridgehead atoms. The highest BCUT2D eigenvalue weighted by molar-refractivity contribution is 5.78. The van der Waals surface area contributed by atoms with Crippen LogP contribution in [0.25, 0.3) is 16.7 Å². The predicted molar refractivity (Wildman–Crippen MR) is 77.0 cm³/mol. The molecule has 20 heavy (non-hydrogen) atoms. The van der Waals surface area contributed by atoms with E-state index in [1.807, 2.05) is 41.8 Å². The number of nitrogens with zero attached hydrogens (tertiary/aromatic N) is 3. The van der Waals surface area contributed by atoms with Crippen LogP contribution in [0.4, 0.5) is 0 Å². The molecule has 0 aliphatic rings. The quantitative estimate of drug-likeness (QED) is 0.728. The topological polar surface area (TPSA) is 50.8 Å². The number of ether oxygens (including phenoxy) is 1. The molecule has 0 spiro atoms. The minimum atomic E-state index is 0.620. The summed E-state index contributed by atoms with van der Waals surface area (Å²) < 4.78 is 7.43. The van der Waals surface area contributed by atoms with Crippen LogP contribution in [0.1, 0.15) is 12.5 Å². The predicted octanol–water partition coefficient (Wildman–Crippen LogP) is 3.30. The Labute approximate surface area is 116 Å². The summed E-state index contributed by atoms with van der Waals surface area (Å²) in [5.74, 6) is 0.854. The van der Waals surface area contributed by atoms with Crippen molar-refractivity contribution in [2.75, 3.05) is 6.61 Å². The molecular formula is C16H13N3O. The Kier molecular flexibility index (Phi) is 3.10. The van der Waals surface area contributed by atoms with Crippen LogP contribution in [0.15, 0.2) is 48.8 Å². The van der Waals surface area contributed by atoms with Crippen LogP contribution < -0.4 is 4.74 Å². The maximum absolute atomic E-state index is 8.90. The van der Waals surface area contributed by atoms with Crippen molar-refractivity contribution in [3.63, 3.8) is 0 Å². The first-order valence-corrected chi connectivity index (χ1v) is 6.42. The van der Waals surface area contributed by atoms with Crippen LogP contribution >= 0.6 is 0 Å². The fraction of sp³-hybridized carbons (Fsp3) is 0.125. The molecule has 0 unspecified atom stereocenters. The lowest BCUT2D eigenvalue weighted by Gasteiger charge is -2.06. The lowest BCUT2D eigenvalue weighted by Crippen LogP contribution is -1.94. The Balaban J connectivity index is 2.04. The number of rotatable bonds is 3. The van der Waals surface area contributed by atoms with Crippen molar-refractivity contribution < 1.29 is 4.74 Å². The number of imidazole rings is 1. The van der Waals surface area contributed by atoms with Gasteiger partial charge < -0.3 is 4.74 Å². The van der Waals surface area contributed by atoms with Crippen LogP contribution in [-0.4, -0.2) is 16.2 Å². The number of hydrogen-bond acceptors (Lipinski definition) is 3. The molecule has 0 saturated carbocycles. The lowest BCUT2D eigenvalue weighted by molar-refractivity contribution is 0.340. The van der Waals surface area contributed by atoms with E-state index in [0.717, 1.165) is 22.5 Å². The Morgan fingerprint density at radius 3 is 2.70 bits per heavy atom. The molecule has 1 heterocycles. The van der Waals surface area contributed by atoms with Gasteiger partial charge >= 0.3 is 0 Å². The average Bonchev–Trinajstić information content (AvgIpc) is 2.91. The summed E-state index contributed by atoms with van der Waals surface area (Å²) in [4.78, 5) is 4.34. The number of aromatic nitrogens is 2. The molecule has 0 aliphatic heterocycles. The van der Waals surface area contributed by atoms with Gasteiger partial charge in [-0.15, -0.1) is 0 Å². The summed E-state index contributed by atoms with van der Waals surface area (Å²) in [6, 6.07) is 15.5. The van der Waals surface area contributed by atoms with Crippen molar-refractivity contribution in [1.29, 1.82) is 5.26 Å². The van der Waals surface area contributed by atoms with Gasteiger partial charge in [0.1, 0.15) is 12.1 Å². The molecule has 0 atom stereocenters. The zero-order chi connectivity index (χ0) is 13.9. The van der Waals surface area contributed by atoms with Crippen molar-refractivity contribution in [2.45, 2.75) is 6.92 Å². The van der Waals surface area contributed by atoms with Crippen molar-refractivity contribution in [3.8, 4) is 17.5 Å². The Morgan fingerprint density at radius 1 is 1.20 bits per heavy atom. The van der Waals surface area contributed by atoms with Crippen LogP contribution in [0.2, 0.25) is 0 Å². The van der Waals surface area contributed by atoms with E-state index < -0.39 is 0 Å². The molecule has 2 aromatic carbocycles. The van der Waals surface area contributed by atoms with E-state index in [-0.39, 0.29) is 0 Å². The van der Waals surface area contributed by atoms with Crippen LogP contribution in [0.5, 0.6) is 5.75 Å². The van der Waals surface area contributed by atoms with Gasteiger partial charge in [0, 0.05) is 5.69 Å². The molecule has 0 amide bonds. The monoisotopic (exact) mass is 263 g/mol. The second-order valence-electron chi connectivity index (χ2n) is 4.36. The minimum Gasteiger partial charge on any atom is -0.494 e. The van der Waals surface area contributed by atoms with Crippen LogP contribution in [0, 0.1) is 11.3 Å². The third kappa shape index (κ3) is 2.10. The van der Waals surface area contributed by atoms with Crippen LogP contribution in [0.3, 0.4) is 0 Å². The molecule has 4 nitrogen and oxygen atoms in total. The summed E-state index contributed by atoms with van der Waals surface area (Å²) >= 11 is 0. The van der Waals surface area contributed by atoms with Gasteiger partial charge in [-0.05, 0) is 49.4 Å². The molecule has 0 fully saturated rings. The molecule has 98 valence electrons. The second kappa shape index (κ2) is 5.06. The molecule has 3 rings (SSSR count). The van der Waals surface area contributed by atoms with Gasteiger partial charge in [-0.1, -0.05) is 0 Å². The van der Waals surface area contributed by atoms with Gasteiger partial charge in [-0.3, -0.25) is 4.57 Å². The van der Waals surface area contributed by atoms with E-state index in [9.17, 15) is 0 Å². The van der Waals surface area contributed by atoms with Crippen molar-refractivity contribution in [3.05, 3.63) is 54.4 Å². The molecule has 4 heteroatoms. The lowest BCUT2D eigenvalue weighted by atomic mass is 10.2. The molecule has 0 N–H and O–H groups in total. The Morgan fingerprint density at radius 2 is 2.00 bits per heavy atom. The maximum Gasteiger partial charge on any atom is 0.119 e. The largest absolute Gasteiger partial charge is 0.494 e. The van der Waals surface area contributed by atoms with Gasteiger partial charge in [0.25, 0.3) is 0 Å². The van der Waals surface area contributed by atoms with Gasteiger partial charge in [-0.2, -0.15) is 5.26 Å². The van der Waals surface area contributed by atoms with Gasteiger partial charge in [0.15, 0.2) is 0 Å². The smallest absolute Gasteiger partial charge is 0.119 e. The molecule has 3 aromatic rings. The normalized spacial score (nSPS) is 10.4. The Hall–Kier alpha value is -2.80. The van der Waals surface area contributed by atoms with E-state index in [0.29, 0.717) is 12.2 Å². The fourth-order valence-electron chi connectivity index (χ4n) is 2.16. The second-order valence-corrected chi connectivity index (χ2v) is 4.36. The van der Waals surface area contributed by atoms with Crippen molar-refractivity contribution >= 4 is 11.0 Å². The Bertz CT molecular complexity index is 782. The first-order chi connectivity index (χ1) is 9.81. The van der Waals surface area contributed by atoms with E-state index in [1.54, 1.807) is 18.5 Å². The SMILES string of the molecule is CCOc1ccc(-n2cnc3cc(C#N)ccc32)cc1. The zero-order valence-electron chi connectivity index (χ0n) is 11.1. The third-order valence-corrected chi connectivity index (χ3v) is 3.10. The highest BCUT2D eigenvalue weighted by Crippen LogP contribution is 2.21. The fourth-order valence-corrected chi connectivity index (χ4v) is 2.16. The van der Waals surface area contributed by atoms with Crippen molar-refractivity contribution in [1.82, 2.24) is 9.55 Å². The number of benzene rings is 2. The molecule has 1 aromatic heterocycles.